The maximum atomic E-state index is 6.17. The summed E-state index contributed by atoms with van der Waals surface area (Å²) in [7, 11) is 0. The molecule has 1 fully saturated rings. The predicted molar refractivity (Wildman–Crippen MR) is 118 cm³/mol. The Bertz CT molecular complexity index is 945. The molecule has 1 saturated heterocycles. The van der Waals surface area contributed by atoms with E-state index in [-0.39, 0.29) is 6.04 Å². The van der Waals surface area contributed by atoms with Gasteiger partial charge in [0.1, 0.15) is 11.5 Å². The zero-order valence-corrected chi connectivity index (χ0v) is 16.6. The summed E-state index contributed by atoms with van der Waals surface area (Å²) in [4.78, 5) is 5.14. The number of fused-ring (bicyclic) bond motifs is 2. The molecule has 0 amide bonds. The molecular weight excluding hydrogens is 356 g/mol. The zero-order chi connectivity index (χ0) is 19.5. The van der Waals surface area contributed by atoms with Crippen molar-refractivity contribution in [2.24, 2.45) is 0 Å². The fraction of sp³-hybridized carbons (Fsp3) is 0.231. The van der Waals surface area contributed by atoms with Crippen molar-refractivity contribution in [1.82, 2.24) is 9.80 Å². The fourth-order valence-corrected chi connectivity index (χ4v) is 4.38. The topological polar surface area (TPSA) is 15.7 Å². The second-order valence-corrected chi connectivity index (χ2v) is 7.73. The second-order valence-electron chi connectivity index (χ2n) is 7.73. The molecule has 0 aliphatic carbocycles. The molecular formula is C26H26N2O. The summed E-state index contributed by atoms with van der Waals surface area (Å²) >= 11 is 0. The first-order valence-corrected chi connectivity index (χ1v) is 10.4. The smallest absolute Gasteiger partial charge is 0.132 e. The highest BCUT2D eigenvalue weighted by atomic mass is 16.5. The summed E-state index contributed by atoms with van der Waals surface area (Å²) in [5, 5.41) is 0. The number of hydrogen-bond donors (Lipinski definition) is 0. The van der Waals surface area contributed by atoms with Gasteiger partial charge in [0.2, 0.25) is 0 Å². The van der Waals surface area contributed by atoms with E-state index in [0.29, 0.717) is 0 Å². The van der Waals surface area contributed by atoms with Crippen molar-refractivity contribution in [3.63, 3.8) is 0 Å². The molecule has 0 atom stereocenters. The van der Waals surface area contributed by atoms with Crippen molar-refractivity contribution in [2.45, 2.75) is 6.04 Å². The molecule has 3 aromatic rings. The van der Waals surface area contributed by atoms with E-state index in [9.17, 15) is 0 Å². The lowest BCUT2D eigenvalue weighted by Crippen LogP contribution is -2.48. The lowest BCUT2D eigenvalue weighted by molar-refractivity contribution is 0.113. The Balaban J connectivity index is 1.28. The summed E-state index contributed by atoms with van der Waals surface area (Å²) in [6.45, 7) is 5.30. The van der Waals surface area contributed by atoms with Gasteiger partial charge in [0, 0.05) is 43.9 Å². The molecule has 0 unspecified atom stereocenters. The Morgan fingerprint density at radius 1 is 0.724 bits per heavy atom. The van der Waals surface area contributed by atoms with Crippen LogP contribution in [0.15, 0.2) is 84.9 Å². The first-order valence-electron chi connectivity index (χ1n) is 10.4. The highest BCUT2D eigenvalue weighted by Crippen LogP contribution is 2.45. The summed E-state index contributed by atoms with van der Waals surface area (Å²) in [5.74, 6) is 1.98. The summed E-state index contributed by atoms with van der Waals surface area (Å²) in [6, 6.07) is 27.7. The van der Waals surface area contributed by atoms with Crippen molar-refractivity contribution >= 4 is 6.08 Å². The van der Waals surface area contributed by atoms with Crippen LogP contribution in [0.2, 0.25) is 0 Å². The highest BCUT2D eigenvalue weighted by Gasteiger charge is 2.33. The number of ether oxygens (including phenoxy) is 1. The number of rotatable bonds is 4. The molecule has 0 aromatic heterocycles. The van der Waals surface area contributed by atoms with E-state index in [4.69, 9.17) is 4.74 Å². The first-order chi connectivity index (χ1) is 14.4. The molecule has 0 radical (unpaired) electrons. The quantitative estimate of drug-likeness (QED) is 0.616. The van der Waals surface area contributed by atoms with Crippen LogP contribution in [0.25, 0.3) is 6.08 Å². The standard InChI is InChI=1S/C26H26N2O/c1-2-9-21(10-3-1)11-8-16-27-17-19-28(20-18-27)26-22-12-4-6-14-24(22)29-25-15-7-5-13-23(25)26/h1-15,26H,16-20H2. The van der Waals surface area contributed by atoms with Gasteiger partial charge in [0.05, 0.1) is 6.04 Å². The zero-order valence-electron chi connectivity index (χ0n) is 16.6. The second kappa shape index (κ2) is 8.24. The fourth-order valence-electron chi connectivity index (χ4n) is 4.38. The molecule has 0 bridgehead atoms. The van der Waals surface area contributed by atoms with Gasteiger partial charge in [-0.15, -0.1) is 0 Å². The Labute approximate surface area is 172 Å². The van der Waals surface area contributed by atoms with Gasteiger partial charge in [-0.2, -0.15) is 0 Å². The maximum Gasteiger partial charge on any atom is 0.132 e. The van der Waals surface area contributed by atoms with Crippen LogP contribution < -0.4 is 4.74 Å². The summed E-state index contributed by atoms with van der Waals surface area (Å²) in [5.41, 5.74) is 3.83. The van der Waals surface area contributed by atoms with Crippen LogP contribution >= 0.6 is 0 Å². The molecule has 3 aromatic carbocycles. The molecule has 3 heteroatoms. The van der Waals surface area contributed by atoms with Crippen molar-refractivity contribution in [3.05, 3.63) is 102 Å². The lowest BCUT2D eigenvalue weighted by atomic mass is 9.92. The largest absolute Gasteiger partial charge is 0.457 e. The average Bonchev–Trinajstić information content (AvgIpc) is 2.79. The molecule has 0 saturated carbocycles. The minimum atomic E-state index is 0.276. The number of hydrogen-bond acceptors (Lipinski definition) is 3. The average molecular weight is 383 g/mol. The third-order valence-electron chi connectivity index (χ3n) is 5.89. The van der Waals surface area contributed by atoms with Crippen molar-refractivity contribution < 1.29 is 4.74 Å². The van der Waals surface area contributed by atoms with Crippen LogP contribution in [0, 0.1) is 0 Å². The van der Waals surface area contributed by atoms with Crippen LogP contribution in [0.4, 0.5) is 0 Å². The van der Waals surface area contributed by atoms with E-state index >= 15 is 0 Å². The van der Waals surface area contributed by atoms with Gasteiger partial charge in [0.25, 0.3) is 0 Å². The van der Waals surface area contributed by atoms with E-state index in [0.717, 1.165) is 44.2 Å². The number of nitrogens with zero attached hydrogens (tertiary/aromatic N) is 2. The molecule has 5 rings (SSSR count). The Morgan fingerprint density at radius 3 is 1.97 bits per heavy atom. The Hall–Kier alpha value is -2.88. The first kappa shape index (κ1) is 18.2. The molecule has 0 N–H and O–H groups in total. The van der Waals surface area contributed by atoms with Gasteiger partial charge >= 0.3 is 0 Å². The Kier molecular flexibility index (Phi) is 5.16. The predicted octanol–water partition coefficient (Wildman–Crippen LogP) is 5.21. The minimum Gasteiger partial charge on any atom is -0.457 e. The molecule has 2 aliphatic rings. The van der Waals surface area contributed by atoms with Crippen LogP contribution in [0.3, 0.4) is 0 Å². The van der Waals surface area contributed by atoms with E-state index in [1.807, 2.05) is 0 Å². The molecule has 146 valence electrons. The molecule has 2 heterocycles. The molecule has 2 aliphatic heterocycles. The molecule has 3 nitrogen and oxygen atoms in total. The van der Waals surface area contributed by atoms with E-state index in [2.05, 4.69) is 101 Å². The third-order valence-corrected chi connectivity index (χ3v) is 5.89. The molecule has 0 spiro atoms. The van der Waals surface area contributed by atoms with Crippen molar-refractivity contribution in [1.29, 1.82) is 0 Å². The van der Waals surface area contributed by atoms with Crippen molar-refractivity contribution in [3.8, 4) is 11.5 Å². The van der Waals surface area contributed by atoms with Gasteiger partial charge in [-0.3, -0.25) is 9.80 Å². The number of para-hydroxylation sites is 2. The summed E-state index contributed by atoms with van der Waals surface area (Å²) in [6.07, 6.45) is 4.50. The summed E-state index contributed by atoms with van der Waals surface area (Å²) < 4.78 is 6.17. The van der Waals surface area contributed by atoms with Crippen LogP contribution in [-0.4, -0.2) is 42.5 Å². The number of benzene rings is 3. The van der Waals surface area contributed by atoms with Crippen LogP contribution in [0.1, 0.15) is 22.7 Å². The van der Waals surface area contributed by atoms with Crippen LogP contribution in [0.5, 0.6) is 11.5 Å². The van der Waals surface area contributed by atoms with Gasteiger partial charge in [-0.1, -0.05) is 78.9 Å². The molecule has 29 heavy (non-hydrogen) atoms. The third kappa shape index (κ3) is 3.84. The minimum absolute atomic E-state index is 0.276. The van der Waals surface area contributed by atoms with E-state index in [1.165, 1.54) is 16.7 Å². The normalized spacial score (nSPS) is 17.7. The lowest BCUT2D eigenvalue weighted by Gasteiger charge is -2.41. The SMILES string of the molecule is C(=Cc1ccccc1)CN1CCN(C2c3ccccc3Oc3ccccc32)CC1. The highest BCUT2D eigenvalue weighted by molar-refractivity contribution is 5.53. The van der Waals surface area contributed by atoms with Crippen LogP contribution in [-0.2, 0) is 0 Å². The van der Waals surface area contributed by atoms with Gasteiger partial charge in [-0.25, -0.2) is 0 Å². The van der Waals surface area contributed by atoms with Gasteiger partial charge in [0.15, 0.2) is 0 Å². The number of piperazine rings is 1. The Morgan fingerprint density at radius 2 is 1.31 bits per heavy atom. The van der Waals surface area contributed by atoms with Gasteiger partial charge in [-0.05, 0) is 17.7 Å². The monoisotopic (exact) mass is 382 g/mol. The van der Waals surface area contributed by atoms with E-state index < -0.39 is 0 Å². The van der Waals surface area contributed by atoms with Crippen molar-refractivity contribution in [2.75, 3.05) is 32.7 Å². The van der Waals surface area contributed by atoms with E-state index in [1.54, 1.807) is 0 Å². The van der Waals surface area contributed by atoms with Gasteiger partial charge < -0.3 is 4.74 Å². The maximum absolute atomic E-state index is 6.17.